The van der Waals surface area contributed by atoms with E-state index in [0.717, 1.165) is 23.0 Å². The Kier molecular flexibility index (Phi) is 4.31. The van der Waals surface area contributed by atoms with E-state index in [1.807, 2.05) is 12.1 Å². The quantitative estimate of drug-likeness (QED) is 0.892. The zero-order valence-corrected chi connectivity index (χ0v) is 11.5. The van der Waals surface area contributed by atoms with Crippen LogP contribution in [0.5, 0.6) is 0 Å². The van der Waals surface area contributed by atoms with Crippen LogP contribution in [-0.2, 0) is 6.54 Å². The fourth-order valence-corrected chi connectivity index (χ4v) is 2.72. The third kappa shape index (κ3) is 3.35. The highest BCUT2D eigenvalue weighted by atomic mass is 35.5. The van der Waals surface area contributed by atoms with Crippen LogP contribution >= 0.6 is 23.2 Å². The molecule has 1 fully saturated rings. The number of hydrogen-bond donors (Lipinski definition) is 1. The molecule has 0 spiro atoms. The zero-order valence-electron chi connectivity index (χ0n) is 10.00. The number of nitrogens with two attached hydrogens (primary N) is 1. The molecule has 0 aromatic heterocycles. The van der Waals surface area contributed by atoms with Crippen molar-refractivity contribution in [2.75, 3.05) is 13.6 Å². The first-order chi connectivity index (χ1) is 8.11. The molecule has 1 aliphatic carbocycles. The van der Waals surface area contributed by atoms with Crippen molar-refractivity contribution in [3.63, 3.8) is 0 Å². The van der Waals surface area contributed by atoms with E-state index in [1.54, 1.807) is 6.07 Å². The summed E-state index contributed by atoms with van der Waals surface area (Å²) in [5, 5.41) is 1.41. The van der Waals surface area contributed by atoms with E-state index in [1.165, 1.54) is 12.8 Å². The molecule has 2 nitrogen and oxygen atoms in total. The van der Waals surface area contributed by atoms with Gasteiger partial charge in [-0.05, 0) is 43.5 Å². The third-order valence-electron chi connectivity index (χ3n) is 3.41. The molecule has 1 aliphatic rings. The second-order valence-electron chi connectivity index (χ2n) is 4.79. The summed E-state index contributed by atoms with van der Waals surface area (Å²) in [5.74, 6) is 0.774. The van der Waals surface area contributed by atoms with Crippen LogP contribution in [0.25, 0.3) is 0 Å². The summed E-state index contributed by atoms with van der Waals surface area (Å²) in [6.45, 7) is 1.54. The van der Waals surface area contributed by atoms with Gasteiger partial charge in [0.2, 0.25) is 0 Å². The van der Waals surface area contributed by atoms with Crippen LogP contribution in [0, 0.1) is 5.92 Å². The van der Waals surface area contributed by atoms with Crippen LogP contribution in [0.15, 0.2) is 18.2 Å². The molecule has 1 aromatic carbocycles. The van der Waals surface area contributed by atoms with Gasteiger partial charge in [0, 0.05) is 29.2 Å². The molecule has 0 amide bonds. The third-order valence-corrected chi connectivity index (χ3v) is 4.00. The molecule has 4 heteroatoms. The highest BCUT2D eigenvalue weighted by Gasteiger charge is 2.32. The van der Waals surface area contributed by atoms with Crippen LogP contribution in [-0.4, -0.2) is 24.5 Å². The highest BCUT2D eigenvalue weighted by molar-refractivity contribution is 6.35. The van der Waals surface area contributed by atoms with E-state index in [-0.39, 0.29) is 0 Å². The molecule has 0 radical (unpaired) electrons. The number of benzene rings is 1. The maximum absolute atomic E-state index is 6.17. The number of rotatable bonds is 5. The Morgan fingerprint density at radius 3 is 2.65 bits per heavy atom. The second-order valence-corrected chi connectivity index (χ2v) is 5.63. The second kappa shape index (κ2) is 5.57. The molecule has 1 aromatic rings. The molecular formula is C13H18Cl2N2. The lowest BCUT2D eigenvalue weighted by atomic mass is 10.1. The molecule has 94 valence electrons. The molecule has 2 rings (SSSR count). The van der Waals surface area contributed by atoms with E-state index in [9.17, 15) is 0 Å². The van der Waals surface area contributed by atoms with E-state index in [4.69, 9.17) is 28.9 Å². The van der Waals surface area contributed by atoms with E-state index in [0.29, 0.717) is 17.6 Å². The predicted octanol–water partition coefficient (Wildman–Crippen LogP) is 3.16. The fourth-order valence-electron chi connectivity index (χ4n) is 2.25. The smallest absolute Gasteiger partial charge is 0.0465 e. The average molecular weight is 273 g/mol. The average Bonchev–Trinajstić information content (AvgIpc) is 3.08. The van der Waals surface area contributed by atoms with Gasteiger partial charge in [-0.3, -0.25) is 4.90 Å². The van der Waals surface area contributed by atoms with Crippen LogP contribution in [0.2, 0.25) is 10.0 Å². The lowest BCUT2D eigenvalue weighted by Crippen LogP contribution is -2.39. The lowest BCUT2D eigenvalue weighted by Gasteiger charge is -2.27. The van der Waals surface area contributed by atoms with Crippen molar-refractivity contribution in [1.82, 2.24) is 4.90 Å². The summed E-state index contributed by atoms with van der Waals surface area (Å²) in [6.07, 6.45) is 2.61. The van der Waals surface area contributed by atoms with Crippen molar-refractivity contribution in [2.24, 2.45) is 11.7 Å². The number of likely N-dealkylation sites (N-methyl/N-ethyl adjacent to an activating group) is 1. The molecule has 0 saturated heterocycles. The molecule has 1 unspecified atom stereocenters. The molecular weight excluding hydrogens is 255 g/mol. The van der Waals surface area contributed by atoms with E-state index in [2.05, 4.69) is 11.9 Å². The maximum Gasteiger partial charge on any atom is 0.0465 e. The number of halogens is 2. The van der Waals surface area contributed by atoms with Crippen molar-refractivity contribution >= 4 is 23.2 Å². The monoisotopic (exact) mass is 272 g/mol. The summed E-state index contributed by atoms with van der Waals surface area (Å²) in [4.78, 5) is 2.30. The Hall–Kier alpha value is -0.280. The van der Waals surface area contributed by atoms with Crippen molar-refractivity contribution in [3.05, 3.63) is 33.8 Å². The molecule has 1 atom stereocenters. The van der Waals surface area contributed by atoms with Gasteiger partial charge in [-0.15, -0.1) is 0 Å². The van der Waals surface area contributed by atoms with Gasteiger partial charge in [0.15, 0.2) is 0 Å². The summed E-state index contributed by atoms with van der Waals surface area (Å²) < 4.78 is 0. The first-order valence-corrected chi connectivity index (χ1v) is 6.71. The predicted molar refractivity (Wildman–Crippen MR) is 73.5 cm³/mol. The largest absolute Gasteiger partial charge is 0.329 e. The molecule has 0 heterocycles. The van der Waals surface area contributed by atoms with E-state index >= 15 is 0 Å². The minimum absolute atomic E-state index is 0.474. The Bertz CT molecular complexity index is 391. The molecule has 17 heavy (non-hydrogen) atoms. The van der Waals surface area contributed by atoms with Crippen LogP contribution in [0.4, 0.5) is 0 Å². The maximum atomic E-state index is 6.17. The van der Waals surface area contributed by atoms with Gasteiger partial charge in [0.1, 0.15) is 0 Å². The molecule has 1 saturated carbocycles. The normalized spacial score (nSPS) is 17.5. The van der Waals surface area contributed by atoms with Crippen molar-refractivity contribution < 1.29 is 0 Å². The molecule has 2 N–H and O–H groups in total. The highest BCUT2D eigenvalue weighted by Crippen LogP contribution is 2.35. The Labute approximate surface area is 113 Å². The Morgan fingerprint density at radius 1 is 1.41 bits per heavy atom. The summed E-state index contributed by atoms with van der Waals surface area (Å²) >= 11 is 12.1. The Morgan fingerprint density at radius 2 is 2.12 bits per heavy atom. The standard InChI is InChI=1S/C13H18Cl2N2/c1-17(13(7-16)9-2-3-9)8-10-4-5-11(14)6-12(10)15/h4-6,9,13H,2-3,7-8,16H2,1H3. The summed E-state index contributed by atoms with van der Waals surface area (Å²) in [5.41, 5.74) is 6.94. The molecule has 0 aliphatic heterocycles. The van der Waals surface area contributed by atoms with Gasteiger partial charge in [0.05, 0.1) is 0 Å². The van der Waals surface area contributed by atoms with Gasteiger partial charge >= 0.3 is 0 Å². The van der Waals surface area contributed by atoms with Crippen molar-refractivity contribution in [3.8, 4) is 0 Å². The van der Waals surface area contributed by atoms with E-state index < -0.39 is 0 Å². The fraction of sp³-hybridized carbons (Fsp3) is 0.538. The minimum atomic E-state index is 0.474. The van der Waals surface area contributed by atoms with Gasteiger partial charge < -0.3 is 5.73 Å². The van der Waals surface area contributed by atoms with Gasteiger partial charge in [-0.25, -0.2) is 0 Å². The SMILES string of the molecule is CN(Cc1ccc(Cl)cc1Cl)C(CN)C1CC1. The van der Waals surface area contributed by atoms with Gasteiger partial charge in [-0.1, -0.05) is 29.3 Å². The molecule has 0 bridgehead atoms. The summed E-state index contributed by atoms with van der Waals surface area (Å²) in [7, 11) is 2.11. The Balaban J connectivity index is 2.03. The van der Waals surface area contributed by atoms with Crippen molar-refractivity contribution in [2.45, 2.75) is 25.4 Å². The number of hydrogen-bond acceptors (Lipinski definition) is 2. The first-order valence-electron chi connectivity index (χ1n) is 5.96. The zero-order chi connectivity index (χ0) is 12.4. The summed E-state index contributed by atoms with van der Waals surface area (Å²) in [6, 6.07) is 6.13. The lowest BCUT2D eigenvalue weighted by molar-refractivity contribution is 0.215. The first kappa shape index (κ1) is 13.2. The minimum Gasteiger partial charge on any atom is -0.329 e. The van der Waals surface area contributed by atoms with Gasteiger partial charge in [0.25, 0.3) is 0 Å². The van der Waals surface area contributed by atoms with Crippen LogP contribution in [0.1, 0.15) is 18.4 Å². The van der Waals surface area contributed by atoms with Crippen LogP contribution < -0.4 is 5.73 Å². The van der Waals surface area contributed by atoms with Crippen LogP contribution in [0.3, 0.4) is 0 Å². The van der Waals surface area contributed by atoms with Crippen molar-refractivity contribution in [1.29, 1.82) is 0 Å². The van der Waals surface area contributed by atoms with Gasteiger partial charge in [-0.2, -0.15) is 0 Å². The number of nitrogens with zero attached hydrogens (tertiary/aromatic N) is 1. The topological polar surface area (TPSA) is 29.3 Å².